The van der Waals surface area contributed by atoms with Crippen molar-refractivity contribution < 1.29 is 13.9 Å². The van der Waals surface area contributed by atoms with Gasteiger partial charge >= 0.3 is 0 Å². The van der Waals surface area contributed by atoms with E-state index in [-0.39, 0.29) is 30.2 Å². The SMILES string of the molecule is [C-]#[N+]c1c(F)ccc([C@H]2CN3CCN(C(=O)Cc4ccc(-n5cnnn5)nc4)C[C@H]3CO2)c1C. The van der Waals surface area contributed by atoms with Crippen LogP contribution in [0.2, 0.25) is 0 Å². The monoisotopic (exact) mass is 462 g/mol. The molecule has 2 saturated heterocycles. The van der Waals surface area contributed by atoms with Gasteiger partial charge in [0.15, 0.2) is 5.82 Å². The molecule has 5 rings (SSSR count). The fourth-order valence-corrected chi connectivity index (χ4v) is 4.58. The second-order valence-electron chi connectivity index (χ2n) is 8.49. The number of hydrogen-bond donors (Lipinski definition) is 0. The van der Waals surface area contributed by atoms with E-state index in [0.717, 1.165) is 17.7 Å². The number of aromatic nitrogens is 5. The summed E-state index contributed by atoms with van der Waals surface area (Å²) in [5, 5.41) is 11.0. The van der Waals surface area contributed by atoms with Crippen molar-refractivity contribution in [2.24, 2.45) is 0 Å². The third-order valence-corrected chi connectivity index (χ3v) is 6.48. The summed E-state index contributed by atoms with van der Waals surface area (Å²) in [7, 11) is 0. The molecule has 2 atom stereocenters. The predicted molar refractivity (Wildman–Crippen MR) is 119 cm³/mol. The molecule has 34 heavy (non-hydrogen) atoms. The van der Waals surface area contributed by atoms with Crippen molar-refractivity contribution in [1.29, 1.82) is 0 Å². The average molecular weight is 462 g/mol. The Balaban J connectivity index is 1.19. The highest BCUT2D eigenvalue weighted by molar-refractivity contribution is 5.79. The number of benzene rings is 1. The highest BCUT2D eigenvalue weighted by Gasteiger charge is 2.36. The first-order chi connectivity index (χ1) is 16.5. The molecule has 3 aromatic rings. The van der Waals surface area contributed by atoms with Crippen molar-refractivity contribution in [2.45, 2.75) is 25.5 Å². The van der Waals surface area contributed by atoms with Crippen LogP contribution in [0.5, 0.6) is 0 Å². The highest BCUT2D eigenvalue weighted by atomic mass is 19.1. The van der Waals surface area contributed by atoms with Crippen molar-refractivity contribution in [2.75, 3.05) is 32.8 Å². The first-order valence-corrected chi connectivity index (χ1v) is 11.0. The molecule has 4 heterocycles. The summed E-state index contributed by atoms with van der Waals surface area (Å²) in [5.41, 5.74) is 2.36. The smallest absolute Gasteiger partial charge is 0.227 e. The molecule has 0 aliphatic carbocycles. The first kappa shape index (κ1) is 22.1. The Morgan fingerprint density at radius 1 is 1.26 bits per heavy atom. The largest absolute Gasteiger partial charge is 0.371 e. The van der Waals surface area contributed by atoms with E-state index < -0.39 is 5.82 Å². The van der Waals surface area contributed by atoms with Gasteiger partial charge in [-0.2, -0.15) is 4.68 Å². The Hall–Kier alpha value is -3.75. The summed E-state index contributed by atoms with van der Waals surface area (Å²) in [6, 6.07) is 6.79. The Bertz CT molecular complexity index is 1230. The van der Waals surface area contributed by atoms with Crippen LogP contribution in [-0.2, 0) is 16.0 Å². The number of tetrazole rings is 1. The van der Waals surface area contributed by atoms with Crippen LogP contribution in [0.15, 0.2) is 36.8 Å². The Labute approximate surface area is 195 Å². The minimum absolute atomic E-state index is 0.0508. The second kappa shape index (κ2) is 9.24. The molecular formula is C23H23FN8O2. The number of halogens is 1. The molecule has 1 aromatic carbocycles. The lowest BCUT2D eigenvalue weighted by atomic mass is 9.98. The van der Waals surface area contributed by atoms with Gasteiger partial charge in [0.05, 0.1) is 31.7 Å². The van der Waals surface area contributed by atoms with Crippen LogP contribution in [0.25, 0.3) is 10.7 Å². The number of rotatable bonds is 4. The number of piperazine rings is 1. The number of ether oxygens (including phenoxy) is 1. The summed E-state index contributed by atoms with van der Waals surface area (Å²) in [6.07, 6.45) is 3.18. The quantitative estimate of drug-likeness (QED) is 0.547. The Morgan fingerprint density at radius 3 is 2.88 bits per heavy atom. The van der Waals surface area contributed by atoms with Crippen LogP contribution in [0.3, 0.4) is 0 Å². The van der Waals surface area contributed by atoms with E-state index in [0.29, 0.717) is 37.6 Å². The molecule has 0 N–H and O–H groups in total. The summed E-state index contributed by atoms with van der Waals surface area (Å²) >= 11 is 0. The van der Waals surface area contributed by atoms with Gasteiger partial charge in [-0.05, 0) is 46.2 Å². The molecular weight excluding hydrogens is 439 g/mol. The highest BCUT2D eigenvalue weighted by Crippen LogP contribution is 2.34. The van der Waals surface area contributed by atoms with E-state index in [2.05, 4.69) is 30.3 Å². The number of nitrogens with zero attached hydrogens (tertiary/aromatic N) is 8. The van der Waals surface area contributed by atoms with Crippen molar-refractivity contribution in [3.8, 4) is 5.82 Å². The fourth-order valence-electron chi connectivity index (χ4n) is 4.58. The van der Waals surface area contributed by atoms with Gasteiger partial charge in [0.1, 0.15) is 12.1 Å². The number of hydrogen-bond acceptors (Lipinski definition) is 7. The number of amides is 1. The third-order valence-electron chi connectivity index (χ3n) is 6.48. The molecule has 174 valence electrons. The Kier molecular flexibility index (Phi) is 6.00. The summed E-state index contributed by atoms with van der Waals surface area (Å²) in [5.74, 6) is 0.135. The number of fused-ring (bicyclic) bond motifs is 1. The zero-order valence-corrected chi connectivity index (χ0v) is 18.6. The van der Waals surface area contributed by atoms with Crippen molar-refractivity contribution in [3.05, 3.63) is 70.7 Å². The number of carbonyl (C=O) groups is 1. The minimum Gasteiger partial charge on any atom is -0.371 e. The predicted octanol–water partition coefficient (Wildman–Crippen LogP) is 1.88. The van der Waals surface area contributed by atoms with Gasteiger partial charge in [-0.25, -0.2) is 14.2 Å². The summed E-state index contributed by atoms with van der Waals surface area (Å²) in [6.45, 7) is 12.1. The molecule has 0 spiro atoms. The fraction of sp³-hybridized carbons (Fsp3) is 0.391. The van der Waals surface area contributed by atoms with E-state index in [1.54, 1.807) is 25.3 Å². The van der Waals surface area contributed by atoms with Crippen LogP contribution in [-0.4, -0.2) is 79.7 Å². The van der Waals surface area contributed by atoms with Crippen molar-refractivity contribution in [3.63, 3.8) is 0 Å². The lowest BCUT2D eigenvalue weighted by molar-refractivity contribution is -0.139. The molecule has 2 aliphatic rings. The minimum atomic E-state index is -0.502. The number of morpholine rings is 1. The zero-order valence-electron chi connectivity index (χ0n) is 18.6. The molecule has 0 unspecified atom stereocenters. The van der Waals surface area contributed by atoms with E-state index in [1.165, 1.54) is 17.1 Å². The van der Waals surface area contributed by atoms with Crippen LogP contribution >= 0.6 is 0 Å². The molecule has 0 radical (unpaired) electrons. The van der Waals surface area contributed by atoms with Crippen LogP contribution < -0.4 is 0 Å². The molecule has 0 bridgehead atoms. The van der Waals surface area contributed by atoms with Gasteiger partial charge in [-0.1, -0.05) is 12.1 Å². The van der Waals surface area contributed by atoms with Gasteiger partial charge in [0, 0.05) is 32.4 Å². The van der Waals surface area contributed by atoms with Crippen LogP contribution in [0, 0.1) is 19.3 Å². The molecule has 0 saturated carbocycles. The van der Waals surface area contributed by atoms with Gasteiger partial charge in [-0.15, -0.1) is 5.10 Å². The van der Waals surface area contributed by atoms with Crippen molar-refractivity contribution >= 4 is 11.6 Å². The van der Waals surface area contributed by atoms with Gasteiger partial charge < -0.3 is 9.64 Å². The number of carbonyl (C=O) groups excluding carboxylic acids is 1. The van der Waals surface area contributed by atoms with E-state index in [4.69, 9.17) is 11.3 Å². The topological polar surface area (TPSA) is 93.6 Å². The average Bonchev–Trinajstić information content (AvgIpc) is 3.39. The van der Waals surface area contributed by atoms with Crippen molar-refractivity contribution in [1.82, 2.24) is 35.0 Å². The van der Waals surface area contributed by atoms with E-state index >= 15 is 0 Å². The molecule has 10 nitrogen and oxygen atoms in total. The number of pyridine rings is 1. The summed E-state index contributed by atoms with van der Waals surface area (Å²) < 4.78 is 21.5. The standard InChI is InChI=1S/C23H23FN8O2/c1-15-18(4-5-19(24)23(15)25-2)20-12-30-7-8-31(11-17(30)13-34-20)22(33)9-16-3-6-21(26-10-16)32-14-27-28-29-32/h3-6,10,14,17,20H,7-9,11-13H2,1H3/t17-,20+/m0/s1. The molecule has 2 aliphatic heterocycles. The third kappa shape index (κ3) is 4.25. The molecule has 2 fully saturated rings. The maximum absolute atomic E-state index is 13.9. The first-order valence-electron chi connectivity index (χ1n) is 11.0. The summed E-state index contributed by atoms with van der Waals surface area (Å²) in [4.78, 5) is 24.8. The van der Waals surface area contributed by atoms with Gasteiger partial charge in [-0.3, -0.25) is 9.69 Å². The molecule has 2 aromatic heterocycles. The normalized spacial score (nSPS) is 20.6. The van der Waals surface area contributed by atoms with Gasteiger partial charge in [0.25, 0.3) is 0 Å². The molecule has 1 amide bonds. The molecule has 11 heteroatoms. The maximum Gasteiger partial charge on any atom is 0.227 e. The maximum atomic E-state index is 13.9. The van der Waals surface area contributed by atoms with E-state index in [1.807, 2.05) is 11.0 Å². The lowest BCUT2D eigenvalue weighted by Crippen LogP contribution is -2.59. The Morgan fingerprint density at radius 2 is 2.15 bits per heavy atom. The zero-order chi connectivity index (χ0) is 23.7. The van der Waals surface area contributed by atoms with E-state index in [9.17, 15) is 9.18 Å². The van der Waals surface area contributed by atoms with Crippen LogP contribution in [0.4, 0.5) is 10.1 Å². The lowest BCUT2D eigenvalue weighted by Gasteiger charge is -2.46. The second-order valence-corrected chi connectivity index (χ2v) is 8.49. The van der Waals surface area contributed by atoms with Crippen LogP contribution in [0.1, 0.15) is 22.8 Å². The van der Waals surface area contributed by atoms with Gasteiger partial charge in [0.2, 0.25) is 11.6 Å².